The van der Waals surface area contributed by atoms with Gasteiger partial charge in [0.1, 0.15) is 17.7 Å². The Morgan fingerprint density at radius 3 is 2.52 bits per heavy atom. The fraction of sp³-hybridized carbons (Fsp3) is 0.357. The number of nitrogens with one attached hydrogen (secondary N) is 2. The number of anilines is 2. The van der Waals surface area contributed by atoms with Crippen LogP contribution in [0.5, 0.6) is 11.6 Å². The molecule has 2 N–H and O–H groups in total. The van der Waals surface area contributed by atoms with E-state index in [0.29, 0.717) is 11.5 Å². The van der Waals surface area contributed by atoms with Crippen LogP contribution in [-0.4, -0.2) is 87.4 Å². The van der Waals surface area contributed by atoms with Crippen molar-refractivity contribution in [1.82, 2.24) is 34.6 Å². The third-order valence-corrected chi connectivity index (χ3v) is 6.93. The van der Waals surface area contributed by atoms with Crippen molar-refractivity contribution in [3.63, 3.8) is 0 Å². The lowest BCUT2D eigenvalue weighted by molar-refractivity contribution is 0.0825. The number of ether oxygens (including phenoxy) is 1. The summed E-state index contributed by atoms with van der Waals surface area (Å²) in [5.74, 6) is -1.99. The summed E-state index contributed by atoms with van der Waals surface area (Å²) < 4.78 is 35.7. The van der Waals surface area contributed by atoms with E-state index >= 15 is 4.39 Å². The summed E-state index contributed by atoms with van der Waals surface area (Å²) in [7, 11) is 3.12. The number of likely N-dealkylation sites (N-methyl/N-ethyl adjacent to an activating group) is 1. The smallest absolute Gasteiger partial charge is 0.262 e. The van der Waals surface area contributed by atoms with Crippen LogP contribution >= 0.6 is 0 Å². The standard InChI is InChI=1S/C28H32F2N8O2/c1-5-37-8-10-38(11-9-37)15-18-6-7-22(31-14-18)35-26-23(28(39)36(3)4)27(33-16-32-26)40-21-13-20(29)25-19(24(21)30)12-17(2)34-25/h6-7,12-14,16,34H,5,8-11,15H2,1-4H3,(H,31,32,33,35). The van der Waals surface area contributed by atoms with E-state index in [1.54, 1.807) is 33.3 Å². The molecule has 0 aliphatic carbocycles. The van der Waals surface area contributed by atoms with Crippen molar-refractivity contribution in [2.75, 3.05) is 52.1 Å². The van der Waals surface area contributed by atoms with Crippen molar-refractivity contribution in [1.29, 1.82) is 0 Å². The molecule has 1 aromatic carbocycles. The Morgan fingerprint density at radius 2 is 1.85 bits per heavy atom. The van der Waals surface area contributed by atoms with Crippen molar-refractivity contribution >= 4 is 28.4 Å². The van der Waals surface area contributed by atoms with E-state index in [0.717, 1.165) is 50.9 Å². The Kier molecular flexibility index (Phi) is 7.90. The van der Waals surface area contributed by atoms with Crippen LogP contribution in [-0.2, 0) is 6.54 Å². The van der Waals surface area contributed by atoms with Gasteiger partial charge < -0.3 is 24.8 Å². The number of aromatic amines is 1. The molecule has 10 nitrogen and oxygen atoms in total. The number of hydrogen-bond acceptors (Lipinski definition) is 8. The molecule has 210 valence electrons. The van der Waals surface area contributed by atoms with Crippen molar-refractivity contribution in [3.05, 3.63) is 65.2 Å². The summed E-state index contributed by atoms with van der Waals surface area (Å²) in [5.41, 5.74) is 1.66. The van der Waals surface area contributed by atoms with Crippen molar-refractivity contribution in [2.24, 2.45) is 0 Å². The van der Waals surface area contributed by atoms with Gasteiger partial charge in [0.15, 0.2) is 23.2 Å². The van der Waals surface area contributed by atoms with Crippen molar-refractivity contribution in [3.8, 4) is 11.6 Å². The highest BCUT2D eigenvalue weighted by Gasteiger charge is 2.25. The van der Waals surface area contributed by atoms with Gasteiger partial charge in [-0.15, -0.1) is 0 Å². The molecule has 0 atom stereocenters. The van der Waals surface area contributed by atoms with E-state index in [-0.39, 0.29) is 28.2 Å². The Balaban J connectivity index is 1.39. The highest BCUT2D eigenvalue weighted by atomic mass is 19.1. The number of halogens is 2. The van der Waals surface area contributed by atoms with E-state index in [2.05, 4.69) is 42.0 Å². The molecule has 1 fully saturated rings. The van der Waals surface area contributed by atoms with Crippen molar-refractivity contribution < 1.29 is 18.3 Å². The van der Waals surface area contributed by atoms with E-state index < -0.39 is 23.3 Å². The maximum atomic E-state index is 15.2. The predicted molar refractivity (Wildman–Crippen MR) is 148 cm³/mol. The molecular weight excluding hydrogens is 518 g/mol. The van der Waals surface area contributed by atoms with Gasteiger partial charge in [0.25, 0.3) is 5.91 Å². The minimum Gasteiger partial charge on any atom is -0.435 e. The first-order chi connectivity index (χ1) is 19.2. The molecule has 0 unspecified atom stereocenters. The Morgan fingerprint density at radius 1 is 1.10 bits per heavy atom. The van der Waals surface area contributed by atoms with Gasteiger partial charge in [0.05, 0.1) is 5.52 Å². The van der Waals surface area contributed by atoms with Gasteiger partial charge in [-0.05, 0) is 31.2 Å². The van der Waals surface area contributed by atoms with Crippen LogP contribution in [0.1, 0.15) is 28.5 Å². The zero-order valence-electron chi connectivity index (χ0n) is 23.0. The van der Waals surface area contributed by atoms with Crippen LogP contribution in [0.2, 0.25) is 0 Å². The summed E-state index contributed by atoms with van der Waals surface area (Å²) in [4.78, 5) is 34.9. The SMILES string of the molecule is CCN1CCN(Cc2ccc(Nc3ncnc(Oc4cc(F)c5[nH]c(C)cc5c4F)c3C(=O)N(C)C)nc2)CC1. The summed E-state index contributed by atoms with van der Waals surface area (Å²) in [6, 6.07) is 6.19. The number of rotatable bonds is 8. The number of fused-ring (bicyclic) bond motifs is 1. The second-order valence-corrected chi connectivity index (χ2v) is 10.0. The van der Waals surface area contributed by atoms with Crippen LogP contribution in [0.15, 0.2) is 36.8 Å². The number of aromatic nitrogens is 4. The maximum Gasteiger partial charge on any atom is 0.262 e. The van der Waals surface area contributed by atoms with Gasteiger partial charge in [-0.1, -0.05) is 13.0 Å². The molecule has 40 heavy (non-hydrogen) atoms. The minimum atomic E-state index is -0.773. The first-order valence-electron chi connectivity index (χ1n) is 13.1. The summed E-state index contributed by atoms with van der Waals surface area (Å²) >= 11 is 0. The number of piperazine rings is 1. The molecule has 0 bridgehead atoms. The Hall–Kier alpha value is -4.16. The van der Waals surface area contributed by atoms with Gasteiger partial charge in [0, 0.05) is 70.2 Å². The van der Waals surface area contributed by atoms with Crippen LogP contribution in [0.25, 0.3) is 10.9 Å². The minimum absolute atomic E-state index is 0.0368. The molecule has 4 aromatic rings. The average molecular weight is 551 g/mol. The molecule has 5 rings (SSSR count). The molecule has 3 aromatic heterocycles. The van der Waals surface area contributed by atoms with Gasteiger partial charge in [-0.3, -0.25) is 9.69 Å². The van der Waals surface area contributed by atoms with Gasteiger partial charge in [0.2, 0.25) is 5.88 Å². The molecule has 0 spiro atoms. The average Bonchev–Trinajstić information content (AvgIpc) is 3.35. The van der Waals surface area contributed by atoms with Crippen LogP contribution in [0.3, 0.4) is 0 Å². The van der Waals surface area contributed by atoms with E-state index in [1.165, 1.54) is 17.3 Å². The number of carbonyl (C=O) groups excluding carboxylic acids is 1. The predicted octanol–water partition coefficient (Wildman–Crippen LogP) is 4.31. The molecule has 0 radical (unpaired) electrons. The molecule has 12 heteroatoms. The maximum absolute atomic E-state index is 15.2. The first kappa shape index (κ1) is 27.4. The lowest BCUT2D eigenvalue weighted by atomic mass is 10.2. The normalized spacial score (nSPS) is 14.4. The zero-order valence-corrected chi connectivity index (χ0v) is 23.0. The second kappa shape index (κ2) is 11.5. The van der Waals surface area contributed by atoms with Crippen LogP contribution in [0.4, 0.5) is 20.4 Å². The third-order valence-electron chi connectivity index (χ3n) is 6.93. The number of benzene rings is 1. The van der Waals surface area contributed by atoms with Crippen molar-refractivity contribution in [2.45, 2.75) is 20.4 Å². The molecule has 0 saturated carbocycles. The second-order valence-electron chi connectivity index (χ2n) is 10.0. The quantitative estimate of drug-likeness (QED) is 0.335. The van der Waals surface area contributed by atoms with E-state index in [9.17, 15) is 9.18 Å². The number of H-pyrrole nitrogens is 1. The fourth-order valence-electron chi connectivity index (χ4n) is 4.71. The van der Waals surface area contributed by atoms with Crippen LogP contribution in [0, 0.1) is 18.6 Å². The lowest BCUT2D eigenvalue weighted by Crippen LogP contribution is -2.45. The molecule has 1 aliphatic rings. The Bertz CT molecular complexity index is 1520. The molecule has 1 amide bonds. The summed E-state index contributed by atoms with van der Waals surface area (Å²) in [6.45, 7) is 9.87. The lowest BCUT2D eigenvalue weighted by Gasteiger charge is -2.33. The van der Waals surface area contributed by atoms with Gasteiger partial charge in [-0.2, -0.15) is 0 Å². The first-order valence-corrected chi connectivity index (χ1v) is 13.1. The largest absolute Gasteiger partial charge is 0.435 e. The molecule has 1 aliphatic heterocycles. The van der Waals surface area contributed by atoms with Crippen LogP contribution < -0.4 is 10.1 Å². The number of carbonyl (C=O) groups is 1. The number of aryl methyl sites for hydroxylation is 1. The molecule has 1 saturated heterocycles. The topological polar surface area (TPSA) is 103 Å². The highest BCUT2D eigenvalue weighted by Crippen LogP contribution is 2.35. The number of hydrogen-bond donors (Lipinski definition) is 2. The van der Waals surface area contributed by atoms with Gasteiger partial charge >= 0.3 is 0 Å². The van der Waals surface area contributed by atoms with Gasteiger partial charge in [-0.25, -0.2) is 23.7 Å². The number of amides is 1. The van der Waals surface area contributed by atoms with E-state index in [4.69, 9.17) is 4.74 Å². The fourth-order valence-corrected chi connectivity index (χ4v) is 4.71. The third kappa shape index (κ3) is 5.73. The number of pyridine rings is 1. The molecular formula is C28H32F2N8O2. The zero-order chi connectivity index (χ0) is 28.4. The van der Waals surface area contributed by atoms with E-state index in [1.807, 2.05) is 6.07 Å². The Labute approximate surface area is 231 Å². The molecule has 4 heterocycles. The summed E-state index contributed by atoms with van der Waals surface area (Å²) in [6.07, 6.45) is 2.97. The summed E-state index contributed by atoms with van der Waals surface area (Å²) in [5, 5.41) is 3.09. The monoisotopic (exact) mass is 550 g/mol. The highest BCUT2D eigenvalue weighted by molar-refractivity contribution is 6.01. The number of nitrogens with zero attached hydrogens (tertiary/aromatic N) is 6.